The first-order valence-corrected chi connectivity index (χ1v) is 4.92. The Balaban J connectivity index is 3.62. The molecule has 5 heteroatoms. The molecule has 5 nitrogen and oxygen atoms in total. The Morgan fingerprint density at radius 2 is 2.07 bits per heavy atom. The Morgan fingerprint density at radius 1 is 1.40 bits per heavy atom. The third-order valence-electron chi connectivity index (χ3n) is 1.58. The number of amides is 1. The van der Waals surface area contributed by atoms with Gasteiger partial charge < -0.3 is 9.64 Å². The van der Waals surface area contributed by atoms with Gasteiger partial charge in [0.2, 0.25) is 5.91 Å². The minimum absolute atomic E-state index is 0.0132. The van der Waals surface area contributed by atoms with Crippen LogP contribution in [0.25, 0.3) is 0 Å². The standard InChI is InChI=1S/C10H18N2O3/c1-4-7-15-10(14)8-11-6-5-9(13)12(2)3/h6H,4-5,7-8H2,1-3H3. The zero-order chi connectivity index (χ0) is 11.7. The van der Waals surface area contributed by atoms with E-state index in [2.05, 4.69) is 4.99 Å². The van der Waals surface area contributed by atoms with E-state index >= 15 is 0 Å². The summed E-state index contributed by atoms with van der Waals surface area (Å²) in [6.07, 6.45) is 2.46. The summed E-state index contributed by atoms with van der Waals surface area (Å²) in [5, 5.41) is 0. The number of hydrogen-bond acceptors (Lipinski definition) is 4. The lowest BCUT2D eigenvalue weighted by Crippen LogP contribution is -2.21. The highest BCUT2D eigenvalue weighted by Crippen LogP contribution is 1.86. The molecule has 1 amide bonds. The first kappa shape index (κ1) is 13.6. The molecule has 0 N–H and O–H groups in total. The fraction of sp³-hybridized carbons (Fsp3) is 0.700. The van der Waals surface area contributed by atoms with Crippen molar-refractivity contribution in [2.24, 2.45) is 4.99 Å². The van der Waals surface area contributed by atoms with Gasteiger partial charge in [-0.15, -0.1) is 0 Å². The number of hydrogen-bond donors (Lipinski definition) is 0. The molecule has 86 valence electrons. The quantitative estimate of drug-likeness (QED) is 0.477. The number of nitrogens with zero attached hydrogens (tertiary/aromatic N) is 2. The maximum Gasteiger partial charge on any atom is 0.327 e. The van der Waals surface area contributed by atoms with Crippen LogP contribution in [-0.4, -0.2) is 50.2 Å². The molecule has 15 heavy (non-hydrogen) atoms. The Kier molecular flexibility index (Phi) is 7.23. The van der Waals surface area contributed by atoms with E-state index in [9.17, 15) is 9.59 Å². The van der Waals surface area contributed by atoms with Crippen molar-refractivity contribution >= 4 is 18.1 Å². The van der Waals surface area contributed by atoms with E-state index < -0.39 is 0 Å². The van der Waals surface area contributed by atoms with Crippen LogP contribution < -0.4 is 0 Å². The lowest BCUT2D eigenvalue weighted by atomic mass is 10.4. The summed E-state index contributed by atoms with van der Waals surface area (Å²) in [6, 6.07) is 0. The van der Waals surface area contributed by atoms with Crippen molar-refractivity contribution in [2.45, 2.75) is 19.8 Å². The van der Waals surface area contributed by atoms with Crippen molar-refractivity contribution < 1.29 is 14.3 Å². The van der Waals surface area contributed by atoms with Gasteiger partial charge in [0.15, 0.2) is 0 Å². The van der Waals surface area contributed by atoms with Gasteiger partial charge in [0, 0.05) is 20.3 Å². The summed E-state index contributed by atoms with van der Waals surface area (Å²) in [6.45, 7) is 2.33. The van der Waals surface area contributed by atoms with Gasteiger partial charge in [0.05, 0.1) is 13.0 Å². The Labute approximate surface area is 90.1 Å². The number of esters is 1. The van der Waals surface area contributed by atoms with Crippen LogP contribution in [0.4, 0.5) is 0 Å². The van der Waals surface area contributed by atoms with Crippen molar-refractivity contribution in [3.63, 3.8) is 0 Å². The summed E-state index contributed by atoms with van der Waals surface area (Å²) >= 11 is 0. The largest absolute Gasteiger partial charge is 0.464 e. The number of carbonyl (C=O) groups excluding carboxylic acids is 2. The lowest BCUT2D eigenvalue weighted by molar-refractivity contribution is -0.141. The number of carbonyl (C=O) groups is 2. The van der Waals surface area contributed by atoms with Crippen LogP contribution >= 0.6 is 0 Å². The maximum absolute atomic E-state index is 11.1. The molecule has 0 aliphatic heterocycles. The van der Waals surface area contributed by atoms with E-state index in [1.54, 1.807) is 14.1 Å². The van der Waals surface area contributed by atoms with Crippen molar-refractivity contribution in [3.05, 3.63) is 0 Å². The SMILES string of the molecule is CCCOC(=O)CN=CCC(=O)N(C)C. The molecule has 0 saturated heterocycles. The molecule has 0 aromatic carbocycles. The summed E-state index contributed by atoms with van der Waals surface area (Å²) < 4.78 is 4.80. The van der Waals surface area contributed by atoms with Crippen molar-refractivity contribution in [3.8, 4) is 0 Å². The lowest BCUT2D eigenvalue weighted by Gasteiger charge is -2.06. The van der Waals surface area contributed by atoms with Gasteiger partial charge in [0.25, 0.3) is 0 Å². The van der Waals surface area contributed by atoms with E-state index in [1.165, 1.54) is 11.1 Å². The van der Waals surface area contributed by atoms with Gasteiger partial charge >= 0.3 is 5.97 Å². The minimum atomic E-state index is -0.356. The minimum Gasteiger partial charge on any atom is -0.464 e. The van der Waals surface area contributed by atoms with E-state index in [4.69, 9.17) is 4.74 Å². The summed E-state index contributed by atoms with van der Waals surface area (Å²) in [5.74, 6) is -0.397. The highest BCUT2D eigenvalue weighted by molar-refractivity contribution is 5.90. The topological polar surface area (TPSA) is 59.0 Å². The second-order valence-electron chi connectivity index (χ2n) is 3.24. The van der Waals surface area contributed by atoms with Crippen LogP contribution in [0.3, 0.4) is 0 Å². The zero-order valence-electron chi connectivity index (χ0n) is 9.52. The van der Waals surface area contributed by atoms with E-state index in [-0.39, 0.29) is 24.8 Å². The summed E-state index contributed by atoms with van der Waals surface area (Å²) in [4.78, 5) is 27.3. The molecule has 0 fully saturated rings. The first-order chi connectivity index (χ1) is 7.07. The molecule has 0 radical (unpaired) electrons. The Morgan fingerprint density at radius 3 is 2.60 bits per heavy atom. The van der Waals surface area contributed by atoms with Crippen LogP contribution in [0.5, 0.6) is 0 Å². The van der Waals surface area contributed by atoms with Crippen LogP contribution in [0.2, 0.25) is 0 Å². The summed E-state index contributed by atoms with van der Waals surface area (Å²) in [7, 11) is 3.34. The molecule has 0 saturated carbocycles. The van der Waals surface area contributed by atoms with Gasteiger partial charge in [-0.05, 0) is 6.42 Å². The smallest absolute Gasteiger partial charge is 0.327 e. The first-order valence-electron chi connectivity index (χ1n) is 4.92. The average molecular weight is 214 g/mol. The average Bonchev–Trinajstić information content (AvgIpc) is 2.20. The molecule has 0 rings (SSSR count). The highest BCUT2D eigenvalue weighted by Gasteiger charge is 2.01. The van der Waals surface area contributed by atoms with Crippen LogP contribution in [0.1, 0.15) is 19.8 Å². The van der Waals surface area contributed by atoms with Crippen LogP contribution in [-0.2, 0) is 14.3 Å². The summed E-state index contributed by atoms with van der Waals surface area (Å²) in [5.41, 5.74) is 0. The van der Waals surface area contributed by atoms with Crippen molar-refractivity contribution in [1.29, 1.82) is 0 Å². The Bertz CT molecular complexity index is 237. The fourth-order valence-electron chi connectivity index (χ4n) is 0.726. The van der Waals surface area contributed by atoms with Crippen molar-refractivity contribution in [1.82, 2.24) is 4.90 Å². The Hall–Kier alpha value is -1.39. The third-order valence-corrected chi connectivity index (χ3v) is 1.58. The molecule has 0 spiro atoms. The third kappa shape index (κ3) is 7.66. The van der Waals surface area contributed by atoms with Gasteiger partial charge in [0.1, 0.15) is 6.54 Å². The monoisotopic (exact) mass is 214 g/mol. The van der Waals surface area contributed by atoms with E-state index in [1.807, 2.05) is 6.92 Å². The maximum atomic E-state index is 11.1. The van der Waals surface area contributed by atoms with E-state index in [0.29, 0.717) is 6.61 Å². The molecule has 0 bridgehead atoms. The van der Waals surface area contributed by atoms with E-state index in [0.717, 1.165) is 6.42 Å². The molecule has 0 atom stereocenters. The molecule has 0 aliphatic rings. The molecule has 0 aliphatic carbocycles. The predicted molar refractivity (Wildman–Crippen MR) is 57.9 cm³/mol. The van der Waals surface area contributed by atoms with Gasteiger partial charge in [-0.25, -0.2) is 0 Å². The molecule has 0 unspecified atom stereocenters. The number of ether oxygens (including phenoxy) is 1. The molecule has 0 aromatic heterocycles. The van der Waals surface area contributed by atoms with Gasteiger partial charge in [-0.2, -0.15) is 0 Å². The number of aliphatic imine (C=N–C) groups is 1. The fourth-order valence-corrected chi connectivity index (χ4v) is 0.726. The second-order valence-corrected chi connectivity index (χ2v) is 3.24. The van der Waals surface area contributed by atoms with Crippen LogP contribution in [0, 0.1) is 0 Å². The van der Waals surface area contributed by atoms with Crippen molar-refractivity contribution in [2.75, 3.05) is 27.2 Å². The molecule has 0 heterocycles. The van der Waals surface area contributed by atoms with Crippen LogP contribution in [0.15, 0.2) is 4.99 Å². The molecule has 0 aromatic rings. The molecular formula is C10H18N2O3. The van der Waals surface area contributed by atoms with Gasteiger partial charge in [-0.3, -0.25) is 14.6 Å². The highest BCUT2D eigenvalue weighted by atomic mass is 16.5. The van der Waals surface area contributed by atoms with Gasteiger partial charge in [-0.1, -0.05) is 6.92 Å². The predicted octanol–water partition coefficient (Wildman–Crippen LogP) is 0.489. The second kappa shape index (κ2) is 7.96. The normalized spacial score (nSPS) is 10.3. The molecular weight excluding hydrogens is 196 g/mol. The number of rotatable bonds is 6. The zero-order valence-corrected chi connectivity index (χ0v) is 9.52.